The van der Waals surface area contributed by atoms with Gasteiger partial charge in [0.15, 0.2) is 0 Å². The minimum Gasteiger partial charge on any atom is -0.494 e. The van der Waals surface area contributed by atoms with Crippen LogP contribution in [-0.4, -0.2) is 12.5 Å². The van der Waals surface area contributed by atoms with E-state index in [0.717, 1.165) is 17.0 Å². The van der Waals surface area contributed by atoms with Crippen molar-refractivity contribution in [1.29, 1.82) is 0 Å². The molecule has 1 amide bonds. The molecule has 0 saturated heterocycles. The van der Waals surface area contributed by atoms with Gasteiger partial charge in [-0.15, -0.1) is 0 Å². The first-order valence-corrected chi connectivity index (χ1v) is 6.82. The van der Waals surface area contributed by atoms with E-state index in [1.807, 2.05) is 43.3 Å². The summed E-state index contributed by atoms with van der Waals surface area (Å²) >= 11 is 5.89. The van der Waals surface area contributed by atoms with E-state index in [9.17, 15) is 4.79 Å². The first-order chi connectivity index (χ1) is 9.67. The van der Waals surface area contributed by atoms with E-state index in [1.54, 1.807) is 12.1 Å². The molecule has 0 atom stereocenters. The topological polar surface area (TPSA) is 38.3 Å². The van der Waals surface area contributed by atoms with Crippen molar-refractivity contribution in [2.75, 3.05) is 11.9 Å². The number of halogens is 1. The minimum absolute atomic E-state index is 0.0728. The molecule has 2 aromatic rings. The summed E-state index contributed by atoms with van der Waals surface area (Å²) in [5, 5.41) is 3.48. The van der Waals surface area contributed by atoms with E-state index in [-0.39, 0.29) is 5.91 Å². The molecular weight excluding hydrogens is 274 g/mol. The fourth-order valence-corrected chi connectivity index (χ4v) is 2.05. The smallest absolute Gasteiger partial charge is 0.228 e. The molecule has 2 aromatic carbocycles. The van der Waals surface area contributed by atoms with Gasteiger partial charge in [0.1, 0.15) is 5.75 Å². The Labute approximate surface area is 123 Å². The highest BCUT2D eigenvalue weighted by Gasteiger charge is 2.04. The van der Waals surface area contributed by atoms with Crippen LogP contribution in [0.15, 0.2) is 48.5 Å². The molecule has 0 spiro atoms. The van der Waals surface area contributed by atoms with Crippen molar-refractivity contribution in [2.45, 2.75) is 13.3 Å². The molecule has 1 N–H and O–H groups in total. The van der Waals surface area contributed by atoms with Gasteiger partial charge in [-0.05, 0) is 48.9 Å². The van der Waals surface area contributed by atoms with Crippen molar-refractivity contribution in [1.82, 2.24) is 0 Å². The summed E-state index contributed by atoms with van der Waals surface area (Å²) in [6.07, 6.45) is 0.299. The minimum atomic E-state index is -0.0728. The van der Waals surface area contributed by atoms with Gasteiger partial charge in [0.2, 0.25) is 5.91 Å². The second kappa shape index (κ2) is 6.96. The zero-order valence-corrected chi connectivity index (χ0v) is 12.0. The molecular formula is C16H16ClNO2. The summed E-state index contributed by atoms with van der Waals surface area (Å²) in [5.74, 6) is 0.719. The second-order valence-corrected chi connectivity index (χ2v) is 4.75. The normalized spacial score (nSPS) is 10.1. The average molecular weight is 290 g/mol. The van der Waals surface area contributed by atoms with E-state index < -0.39 is 0 Å². The summed E-state index contributed by atoms with van der Waals surface area (Å²) in [7, 11) is 0. The van der Waals surface area contributed by atoms with Gasteiger partial charge < -0.3 is 10.1 Å². The molecule has 0 bridgehead atoms. The van der Waals surface area contributed by atoms with Crippen molar-refractivity contribution < 1.29 is 9.53 Å². The molecule has 0 heterocycles. The van der Waals surface area contributed by atoms with Crippen LogP contribution in [0.1, 0.15) is 12.5 Å². The van der Waals surface area contributed by atoms with Crippen LogP contribution in [-0.2, 0) is 11.2 Å². The molecule has 2 rings (SSSR count). The molecule has 0 fully saturated rings. The fraction of sp³-hybridized carbons (Fsp3) is 0.188. The first-order valence-electron chi connectivity index (χ1n) is 6.44. The zero-order chi connectivity index (χ0) is 14.4. The van der Waals surface area contributed by atoms with E-state index in [4.69, 9.17) is 16.3 Å². The molecule has 0 aromatic heterocycles. The van der Waals surface area contributed by atoms with Crippen molar-refractivity contribution >= 4 is 23.2 Å². The third-order valence-electron chi connectivity index (χ3n) is 2.70. The van der Waals surface area contributed by atoms with Gasteiger partial charge in [-0.3, -0.25) is 4.79 Å². The van der Waals surface area contributed by atoms with Gasteiger partial charge >= 0.3 is 0 Å². The highest BCUT2D eigenvalue weighted by Crippen LogP contribution is 2.16. The lowest BCUT2D eigenvalue weighted by molar-refractivity contribution is -0.115. The Morgan fingerprint density at radius 1 is 1.20 bits per heavy atom. The highest BCUT2D eigenvalue weighted by molar-refractivity contribution is 6.30. The molecule has 0 unspecified atom stereocenters. The Balaban J connectivity index is 1.94. The van der Waals surface area contributed by atoms with E-state index in [2.05, 4.69) is 5.32 Å². The molecule has 20 heavy (non-hydrogen) atoms. The number of carbonyl (C=O) groups excluding carboxylic acids is 1. The van der Waals surface area contributed by atoms with Crippen LogP contribution in [0.2, 0.25) is 5.02 Å². The second-order valence-electron chi connectivity index (χ2n) is 4.31. The predicted octanol–water partition coefficient (Wildman–Crippen LogP) is 3.92. The van der Waals surface area contributed by atoms with Gasteiger partial charge in [0, 0.05) is 10.7 Å². The summed E-state index contributed by atoms with van der Waals surface area (Å²) < 4.78 is 5.35. The Bertz CT molecular complexity index is 581. The molecule has 0 aliphatic carbocycles. The van der Waals surface area contributed by atoms with Crippen LogP contribution < -0.4 is 10.1 Å². The standard InChI is InChI=1S/C16H16ClNO2/c1-2-20-15-8-6-14(7-9-15)18-16(19)11-12-4-3-5-13(17)10-12/h3-10H,2,11H2,1H3,(H,18,19). The van der Waals surface area contributed by atoms with Gasteiger partial charge in [0.05, 0.1) is 13.0 Å². The molecule has 0 radical (unpaired) electrons. The Morgan fingerprint density at radius 2 is 1.95 bits per heavy atom. The SMILES string of the molecule is CCOc1ccc(NC(=O)Cc2cccc(Cl)c2)cc1. The number of hydrogen-bond donors (Lipinski definition) is 1. The summed E-state index contributed by atoms with van der Waals surface area (Å²) in [6, 6.07) is 14.6. The van der Waals surface area contributed by atoms with Crippen LogP contribution in [0.4, 0.5) is 5.69 Å². The molecule has 0 aliphatic heterocycles. The van der Waals surface area contributed by atoms with Crippen molar-refractivity contribution in [3.8, 4) is 5.75 Å². The molecule has 0 saturated carbocycles. The van der Waals surface area contributed by atoms with Crippen LogP contribution in [0, 0.1) is 0 Å². The number of amides is 1. The lowest BCUT2D eigenvalue weighted by Gasteiger charge is -2.07. The van der Waals surface area contributed by atoms with Crippen molar-refractivity contribution in [3.05, 3.63) is 59.1 Å². The monoisotopic (exact) mass is 289 g/mol. The van der Waals surface area contributed by atoms with Gasteiger partial charge in [-0.1, -0.05) is 23.7 Å². The van der Waals surface area contributed by atoms with E-state index in [1.165, 1.54) is 0 Å². The number of anilines is 1. The number of rotatable bonds is 5. The summed E-state index contributed by atoms with van der Waals surface area (Å²) in [4.78, 5) is 11.9. The summed E-state index contributed by atoms with van der Waals surface area (Å²) in [6.45, 7) is 2.56. The van der Waals surface area contributed by atoms with Crippen LogP contribution >= 0.6 is 11.6 Å². The van der Waals surface area contributed by atoms with Crippen LogP contribution in [0.5, 0.6) is 5.75 Å². The average Bonchev–Trinajstić information content (AvgIpc) is 2.41. The van der Waals surface area contributed by atoms with Crippen molar-refractivity contribution in [2.24, 2.45) is 0 Å². The maximum absolute atomic E-state index is 11.9. The van der Waals surface area contributed by atoms with Gasteiger partial charge in [-0.25, -0.2) is 0 Å². The molecule has 104 valence electrons. The zero-order valence-electron chi connectivity index (χ0n) is 11.2. The Kier molecular flexibility index (Phi) is 5.02. The fourth-order valence-electron chi connectivity index (χ4n) is 1.84. The molecule has 0 aliphatic rings. The number of carbonyl (C=O) groups is 1. The van der Waals surface area contributed by atoms with E-state index >= 15 is 0 Å². The van der Waals surface area contributed by atoms with Gasteiger partial charge in [0.25, 0.3) is 0 Å². The quantitative estimate of drug-likeness (QED) is 0.906. The van der Waals surface area contributed by atoms with Crippen LogP contribution in [0.25, 0.3) is 0 Å². The van der Waals surface area contributed by atoms with Crippen LogP contribution in [0.3, 0.4) is 0 Å². The Morgan fingerprint density at radius 3 is 2.60 bits per heavy atom. The highest BCUT2D eigenvalue weighted by atomic mass is 35.5. The van der Waals surface area contributed by atoms with Gasteiger partial charge in [-0.2, -0.15) is 0 Å². The molecule has 3 nitrogen and oxygen atoms in total. The maximum Gasteiger partial charge on any atom is 0.228 e. The third-order valence-corrected chi connectivity index (χ3v) is 2.94. The maximum atomic E-state index is 11.9. The van der Waals surface area contributed by atoms with E-state index in [0.29, 0.717) is 18.1 Å². The third kappa shape index (κ3) is 4.28. The Hall–Kier alpha value is -2.00. The number of nitrogens with one attached hydrogen (secondary N) is 1. The lowest BCUT2D eigenvalue weighted by Crippen LogP contribution is -2.14. The number of ether oxygens (including phenoxy) is 1. The molecule has 4 heteroatoms. The number of benzene rings is 2. The number of hydrogen-bond acceptors (Lipinski definition) is 2. The largest absolute Gasteiger partial charge is 0.494 e. The lowest BCUT2D eigenvalue weighted by atomic mass is 10.1. The summed E-state index contributed by atoms with van der Waals surface area (Å²) in [5.41, 5.74) is 1.64. The predicted molar refractivity (Wildman–Crippen MR) is 81.4 cm³/mol. The van der Waals surface area contributed by atoms with Crippen molar-refractivity contribution in [3.63, 3.8) is 0 Å². The first kappa shape index (κ1) is 14.4.